The average molecular weight is 126 g/mol. The normalized spacial score (nSPS) is 4.40. The van der Waals surface area contributed by atoms with Crippen molar-refractivity contribution in [3.05, 3.63) is 6.92 Å². The van der Waals surface area contributed by atoms with Crippen LogP contribution in [0.15, 0.2) is 0 Å². The minimum absolute atomic E-state index is 1.00. The van der Waals surface area contributed by atoms with Crippen LogP contribution >= 0.6 is 9.30 Å². The van der Waals surface area contributed by atoms with Gasteiger partial charge in [-0.25, -0.2) is 0 Å². The van der Waals surface area contributed by atoms with E-state index in [9.17, 15) is 0 Å². The first kappa shape index (κ1) is 9.38. The predicted molar refractivity (Wildman–Crippen MR) is 21.5 cm³/mol. The van der Waals surface area contributed by atoms with E-state index in [2.05, 4.69) is 16.2 Å². The van der Waals surface area contributed by atoms with Crippen LogP contribution in [-0.4, -0.2) is 0 Å². The Bertz CT molecular complexity index is 6.85. The summed E-state index contributed by atoms with van der Waals surface area (Å²) in [5, 5.41) is 0. The Morgan fingerprint density at radius 3 is 1.80 bits per heavy atom. The summed E-state index contributed by atoms with van der Waals surface area (Å²) in [7, 11) is 4.64. The van der Waals surface area contributed by atoms with Gasteiger partial charge >= 0.3 is 28.7 Å². The van der Waals surface area contributed by atoms with Crippen molar-refractivity contribution in [2.45, 2.75) is 13.3 Å². The van der Waals surface area contributed by atoms with Crippen LogP contribution in [0.4, 0.5) is 0 Å². The summed E-state index contributed by atoms with van der Waals surface area (Å²) in [5.41, 5.74) is 0. The summed E-state index contributed by atoms with van der Waals surface area (Å²) >= 11 is 1.47. The number of hydrogen-bond donors (Lipinski definition) is 0. The molecule has 0 saturated heterocycles. The Labute approximate surface area is 49.2 Å². The van der Waals surface area contributed by atoms with Crippen molar-refractivity contribution in [3.63, 3.8) is 0 Å². The molecule has 0 aliphatic carbocycles. The minimum atomic E-state index is 1.00. The van der Waals surface area contributed by atoms with Crippen molar-refractivity contribution >= 4 is 9.30 Å². The van der Waals surface area contributed by atoms with Gasteiger partial charge in [-0.1, -0.05) is 6.92 Å². The van der Waals surface area contributed by atoms with Gasteiger partial charge in [0.2, 0.25) is 0 Å². The second kappa shape index (κ2) is 20.0. The molecular weight excluding hydrogens is 119 g/mol. The molecule has 0 rings (SSSR count). The van der Waals surface area contributed by atoms with E-state index in [4.69, 9.17) is 0 Å². The SMILES string of the molecule is [CH2-]CC.[Cl][Ti+]. The number of rotatable bonds is 0. The zero-order valence-electron chi connectivity index (χ0n) is 3.29. The summed E-state index contributed by atoms with van der Waals surface area (Å²) in [5.74, 6) is 0. The van der Waals surface area contributed by atoms with Crippen LogP contribution < -0.4 is 0 Å². The molecule has 0 aliphatic rings. The third kappa shape index (κ3) is 44.8. The molecule has 0 bridgehead atoms. The molecule has 0 aliphatic heterocycles. The quantitative estimate of drug-likeness (QED) is 0.344. The van der Waals surface area contributed by atoms with E-state index >= 15 is 0 Å². The fraction of sp³-hybridized carbons (Fsp3) is 0.667. The second-order valence-corrected chi connectivity index (χ2v) is 0.500. The Morgan fingerprint density at radius 2 is 1.80 bits per heavy atom. The van der Waals surface area contributed by atoms with Gasteiger partial charge in [-0.05, 0) is 0 Å². The molecule has 0 aromatic carbocycles. The maximum absolute atomic E-state index is 4.64. The van der Waals surface area contributed by atoms with E-state index in [-0.39, 0.29) is 0 Å². The molecule has 0 fully saturated rings. The monoisotopic (exact) mass is 126 g/mol. The Balaban J connectivity index is 0. The van der Waals surface area contributed by atoms with Crippen LogP contribution in [0.2, 0.25) is 0 Å². The molecule has 0 atom stereocenters. The molecule has 0 unspecified atom stereocenters. The zero-order valence-corrected chi connectivity index (χ0v) is 5.61. The van der Waals surface area contributed by atoms with E-state index in [1.165, 1.54) is 19.4 Å². The van der Waals surface area contributed by atoms with Gasteiger partial charge in [-0.2, -0.15) is 6.42 Å². The standard InChI is InChI=1S/C3H7.ClH.Ti/c1-3-2;;/h1,3H2,2H3;1H;/q-1;;+2/p-1. The molecule has 30 valence electrons. The third-order valence-corrected chi connectivity index (χ3v) is 0. The molecule has 0 nitrogen and oxygen atoms in total. The molecule has 0 radical (unpaired) electrons. The third-order valence-electron chi connectivity index (χ3n) is 0. The molecule has 0 saturated carbocycles. The van der Waals surface area contributed by atoms with Crippen LogP contribution in [0.5, 0.6) is 0 Å². The predicted octanol–water partition coefficient (Wildman–Crippen LogP) is 1.92. The Kier molecular flexibility index (Phi) is 37.5. The molecule has 0 spiro atoms. The van der Waals surface area contributed by atoms with Crippen molar-refractivity contribution in [2.24, 2.45) is 0 Å². The summed E-state index contributed by atoms with van der Waals surface area (Å²) < 4.78 is 0. The number of halogens is 1. The van der Waals surface area contributed by atoms with Gasteiger partial charge in [0.15, 0.2) is 0 Å². The fourth-order valence-corrected chi connectivity index (χ4v) is 0. The molecule has 5 heavy (non-hydrogen) atoms. The van der Waals surface area contributed by atoms with E-state index in [0.717, 1.165) is 6.42 Å². The fourth-order valence-electron chi connectivity index (χ4n) is 0. The average Bonchev–Trinajstić information content (AvgIpc) is 1.46. The Morgan fingerprint density at radius 1 is 1.80 bits per heavy atom. The first-order valence-electron chi connectivity index (χ1n) is 1.40. The van der Waals surface area contributed by atoms with Gasteiger partial charge in [-0.15, -0.1) is 0 Å². The maximum atomic E-state index is 4.64. The first-order chi connectivity index (χ1) is 2.41. The van der Waals surface area contributed by atoms with Crippen molar-refractivity contribution in [1.82, 2.24) is 0 Å². The van der Waals surface area contributed by atoms with Gasteiger partial charge < -0.3 is 6.92 Å². The van der Waals surface area contributed by atoms with Gasteiger partial charge in [0.05, 0.1) is 0 Å². The van der Waals surface area contributed by atoms with E-state index < -0.39 is 0 Å². The van der Waals surface area contributed by atoms with E-state index in [0.29, 0.717) is 0 Å². The van der Waals surface area contributed by atoms with Gasteiger partial charge in [0.1, 0.15) is 0 Å². The second-order valence-electron chi connectivity index (χ2n) is 0.500. The molecular formula is C3H7ClTi. The molecule has 2 heteroatoms. The molecule has 0 amide bonds. The van der Waals surface area contributed by atoms with E-state index in [1.54, 1.807) is 0 Å². The van der Waals surface area contributed by atoms with Gasteiger partial charge in [0, 0.05) is 0 Å². The van der Waals surface area contributed by atoms with Crippen LogP contribution in [-0.2, 0) is 19.4 Å². The first-order valence-corrected chi connectivity index (χ1v) is 3.54. The van der Waals surface area contributed by atoms with Crippen molar-refractivity contribution in [1.29, 1.82) is 0 Å². The van der Waals surface area contributed by atoms with Crippen LogP contribution in [0.3, 0.4) is 0 Å². The summed E-state index contributed by atoms with van der Waals surface area (Å²) in [4.78, 5) is 0. The molecule has 0 N–H and O–H groups in total. The number of hydrogen-bond acceptors (Lipinski definition) is 0. The van der Waals surface area contributed by atoms with Crippen LogP contribution in [0, 0.1) is 6.92 Å². The summed E-state index contributed by atoms with van der Waals surface area (Å²) in [6.45, 7) is 5.50. The molecule has 0 aromatic rings. The topological polar surface area (TPSA) is 0 Å². The van der Waals surface area contributed by atoms with Gasteiger partial charge in [-0.3, -0.25) is 0 Å². The van der Waals surface area contributed by atoms with Crippen molar-refractivity contribution in [3.8, 4) is 0 Å². The summed E-state index contributed by atoms with van der Waals surface area (Å²) in [6.07, 6.45) is 1.00. The summed E-state index contributed by atoms with van der Waals surface area (Å²) in [6, 6.07) is 0. The molecule has 0 heterocycles. The van der Waals surface area contributed by atoms with Crippen molar-refractivity contribution < 1.29 is 19.4 Å². The van der Waals surface area contributed by atoms with Gasteiger partial charge in [0.25, 0.3) is 0 Å². The van der Waals surface area contributed by atoms with Crippen LogP contribution in [0.1, 0.15) is 13.3 Å². The Hall–Kier alpha value is 1.00. The van der Waals surface area contributed by atoms with E-state index in [1.807, 2.05) is 6.92 Å². The molecule has 0 aromatic heterocycles. The van der Waals surface area contributed by atoms with Crippen molar-refractivity contribution in [2.75, 3.05) is 0 Å². The van der Waals surface area contributed by atoms with Crippen LogP contribution in [0.25, 0.3) is 0 Å². The zero-order chi connectivity index (χ0) is 4.71.